The van der Waals surface area contributed by atoms with Crippen molar-refractivity contribution in [1.29, 1.82) is 0 Å². The Balaban J connectivity index is 2.16. The van der Waals surface area contributed by atoms with Gasteiger partial charge in [-0.2, -0.15) is 0 Å². The van der Waals surface area contributed by atoms with Gasteiger partial charge in [0.1, 0.15) is 28.2 Å². The van der Waals surface area contributed by atoms with Crippen LogP contribution < -0.4 is 0 Å². The van der Waals surface area contributed by atoms with Crippen molar-refractivity contribution in [2.45, 2.75) is 57.7 Å². The lowest BCUT2D eigenvalue weighted by molar-refractivity contribution is -0.153. The molecule has 0 aliphatic carbocycles. The summed E-state index contributed by atoms with van der Waals surface area (Å²) in [6, 6.07) is 0. The van der Waals surface area contributed by atoms with Gasteiger partial charge in [0.15, 0.2) is 0 Å². The lowest BCUT2D eigenvalue weighted by atomic mass is 9.89. The molecule has 2 heterocycles. The highest BCUT2D eigenvalue weighted by Gasteiger charge is 2.39. The van der Waals surface area contributed by atoms with Crippen LogP contribution in [0.5, 0.6) is 0 Å². The molecule has 1 fully saturated rings. The van der Waals surface area contributed by atoms with E-state index in [-0.39, 0.29) is 12.7 Å². The molecule has 152 valence electrons. The maximum Gasteiger partial charge on any atom is 0.410 e. The molecule has 1 aliphatic rings. The van der Waals surface area contributed by atoms with E-state index in [0.29, 0.717) is 49.2 Å². The molecule has 0 saturated carbocycles. The smallest absolute Gasteiger partial charge is 0.410 e. The van der Waals surface area contributed by atoms with E-state index in [1.54, 1.807) is 4.90 Å². The normalized spacial score (nSPS) is 17.9. The number of carboxylic acid groups (broad SMARTS) is 1. The first kappa shape index (κ1) is 21.7. The molecule has 1 N–H and O–H groups in total. The van der Waals surface area contributed by atoms with E-state index >= 15 is 0 Å². The average Bonchev–Trinajstić information content (AvgIpc) is 2.84. The van der Waals surface area contributed by atoms with E-state index < -0.39 is 17.2 Å². The van der Waals surface area contributed by atoms with Crippen LogP contribution in [-0.2, 0) is 26.9 Å². The van der Waals surface area contributed by atoms with Gasteiger partial charge in [0.05, 0.1) is 0 Å². The fourth-order valence-electron chi connectivity index (χ4n) is 3.34. The van der Waals surface area contributed by atoms with E-state index in [2.05, 4.69) is 20.9 Å². The SMILES string of the molecule is Cn1cc(Br)nc1C1(OCC(=O)O)CCCN(C(=O)OC(C)(C)C)CCC1. The molecule has 0 spiro atoms. The van der Waals surface area contributed by atoms with Gasteiger partial charge >= 0.3 is 12.1 Å². The standard InChI is InChI=1S/C18H28BrN3O5/c1-17(2,3)27-16(25)22-9-5-7-18(8-6-10-22,26-12-14(23)24)15-20-13(19)11-21(15)4/h11H,5-10,12H2,1-4H3,(H,23,24). The van der Waals surface area contributed by atoms with Crippen LogP contribution in [0.2, 0.25) is 0 Å². The van der Waals surface area contributed by atoms with Crippen molar-refractivity contribution < 1.29 is 24.2 Å². The summed E-state index contributed by atoms with van der Waals surface area (Å²) < 4.78 is 13.9. The number of ether oxygens (including phenoxy) is 2. The number of carbonyl (C=O) groups excluding carboxylic acids is 1. The molecule has 0 unspecified atom stereocenters. The van der Waals surface area contributed by atoms with Crippen molar-refractivity contribution in [3.8, 4) is 0 Å². The number of aryl methyl sites for hydroxylation is 1. The molecule has 8 nitrogen and oxygen atoms in total. The van der Waals surface area contributed by atoms with Crippen molar-refractivity contribution >= 4 is 28.0 Å². The monoisotopic (exact) mass is 445 g/mol. The zero-order chi connectivity index (χ0) is 20.2. The number of aromatic nitrogens is 2. The fourth-order valence-corrected chi connectivity index (χ4v) is 3.82. The molecule has 1 aromatic heterocycles. The highest BCUT2D eigenvalue weighted by atomic mass is 79.9. The van der Waals surface area contributed by atoms with Crippen LogP contribution in [0.3, 0.4) is 0 Å². The summed E-state index contributed by atoms with van der Waals surface area (Å²) in [6.45, 7) is 6.20. The molecule has 0 bridgehead atoms. The van der Waals surface area contributed by atoms with Gasteiger partial charge in [0, 0.05) is 26.3 Å². The predicted molar refractivity (Wildman–Crippen MR) is 102 cm³/mol. The number of carboxylic acids is 1. The van der Waals surface area contributed by atoms with Crippen LogP contribution in [-0.4, -0.2) is 56.9 Å². The summed E-state index contributed by atoms with van der Waals surface area (Å²) in [5.74, 6) is -0.318. The van der Waals surface area contributed by atoms with Crippen LogP contribution in [0.25, 0.3) is 0 Å². The van der Waals surface area contributed by atoms with E-state index in [1.165, 1.54) is 0 Å². The summed E-state index contributed by atoms with van der Waals surface area (Å²) in [6.07, 6.45) is 3.95. The first-order valence-corrected chi connectivity index (χ1v) is 9.85. The number of hydrogen-bond donors (Lipinski definition) is 1. The van der Waals surface area contributed by atoms with Crippen molar-refractivity contribution in [3.05, 3.63) is 16.6 Å². The van der Waals surface area contributed by atoms with Crippen molar-refractivity contribution in [3.63, 3.8) is 0 Å². The molecule has 1 saturated heterocycles. The van der Waals surface area contributed by atoms with Crippen LogP contribution in [0.4, 0.5) is 4.79 Å². The summed E-state index contributed by atoms with van der Waals surface area (Å²) in [5.41, 5.74) is -1.33. The Hall–Kier alpha value is -1.61. The van der Waals surface area contributed by atoms with Gasteiger partial charge in [-0.05, 0) is 62.4 Å². The molecule has 1 aliphatic heterocycles. The van der Waals surface area contributed by atoms with Gasteiger partial charge in [0.2, 0.25) is 0 Å². The van der Waals surface area contributed by atoms with Gasteiger partial charge < -0.3 is 24.0 Å². The molecular weight excluding hydrogens is 418 g/mol. The maximum absolute atomic E-state index is 12.4. The number of aliphatic carboxylic acids is 1. The number of carbonyl (C=O) groups is 2. The van der Waals surface area contributed by atoms with Crippen LogP contribution >= 0.6 is 15.9 Å². The Bertz CT molecular complexity index is 673. The third kappa shape index (κ3) is 5.93. The Kier molecular flexibility index (Phi) is 6.91. The van der Waals surface area contributed by atoms with Crippen LogP contribution in [0.1, 0.15) is 52.3 Å². The summed E-state index contributed by atoms with van der Waals surface area (Å²) in [7, 11) is 1.87. The van der Waals surface area contributed by atoms with E-state index in [1.807, 2.05) is 38.6 Å². The Morgan fingerprint density at radius 1 is 1.30 bits per heavy atom. The first-order valence-electron chi connectivity index (χ1n) is 9.05. The third-order valence-electron chi connectivity index (χ3n) is 4.40. The average molecular weight is 446 g/mol. The minimum absolute atomic E-state index is 0.318. The third-order valence-corrected chi connectivity index (χ3v) is 4.78. The largest absolute Gasteiger partial charge is 0.480 e. The zero-order valence-electron chi connectivity index (χ0n) is 16.3. The lowest BCUT2D eigenvalue weighted by Crippen LogP contribution is -2.43. The first-order chi connectivity index (χ1) is 12.5. The van der Waals surface area contributed by atoms with Gasteiger partial charge in [-0.3, -0.25) is 0 Å². The Labute approximate surface area is 168 Å². The topological polar surface area (TPSA) is 93.9 Å². The van der Waals surface area contributed by atoms with Crippen molar-refractivity contribution in [1.82, 2.24) is 14.5 Å². The molecule has 1 aromatic rings. The minimum atomic E-state index is -1.01. The fraction of sp³-hybridized carbons (Fsp3) is 0.722. The number of hydrogen-bond acceptors (Lipinski definition) is 5. The lowest BCUT2D eigenvalue weighted by Gasteiger charge is -2.37. The summed E-state index contributed by atoms with van der Waals surface area (Å²) in [5, 5.41) is 9.10. The quantitative estimate of drug-likeness (QED) is 0.763. The minimum Gasteiger partial charge on any atom is -0.480 e. The molecule has 9 heteroatoms. The number of halogens is 1. The maximum atomic E-state index is 12.4. The molecular formula is C18H28BrN3O5. The summed E-state index contributed by atoms with van der Waals surface area (Å²) >= 11 is 3.37. The van der Waals surface area contributed by atoms with Gasteiger partial charge in [0.25, 0.3) is 0 Å². The second-order valence-electron chi connectivity index (χ2n) is 7.85. The Morgan fingerprint density at radius 3 is 2.33 bits per heavy atom. The molecule has 27 heavy (non-hydrogen) atoms. The van der Waals surface area contributed by atoms with E-state index in [0.717, 1.165) is 0 Å². The van der Waals surface area contributed by atoms with E-state index in [9.17, 15) is 9.59 Å². The van der Waals surface area contributed by atoms with Gasteiger partial charge in [-0.15, -0.1) is 0 Å². The zero-order valence-corrected chi connectivity index (χ0v) is 17.9. The van der Waals surface area contributed by atoms with Crippen LogP contribution in [0.15, 0.2) is 10.8 Å². The van der Waals surface area contributed by atoms with Crippen molar-refractivity contribution in [2.24, 2.45) is 7.05 Å². The highest BCUT2D eigenvalue weighted by molar-refractivity contribution is 9.10. The van der Waals surface area contributed by atoms with Gasteiger partial charge in [-0.1, -0.05) is 0 Å². The molecule has 1 amide bonds. The predicted octanol–water partition coefficient (Wildman–Crippen LogP) is 3.29. The number of likely N-dealkylation sites (tertiary alicyclic amines) is 1. The second kappa shape index (κ2) is 8.60. The van der Waals surface area contributed by atoms with E-state index in [4.69, 9.17) is 14.6 Å². The molecule has 2 rings (SSSR count). The molecule has 0 aromatic carbocycles. The number of imidazole rings is 1. The Morgan fingerprint density at radius 2 is 1.89 bits per heavy atom. The van der Waals surface area contributed by atoms with Crippen LogP contribution in [0, 0.1) is 0 Å². The highest BCUT2D eigenvalue weighted by Crippen LogP contribution is 2.37. The number of amides is 1. The summed E-state index contributed by atoms with van der Waals surface area (Å²) in [4.78, 5) is 29.7. The number of nitrogens with zero attached hydrogens (tertiary/aromatic N) is 3. The molecule has 0 atom stereocenters. The van der Waals surface area contributed by atoms with Gasteiger partial charge in [-0.25, -0.2) is 14.6 Å². The number of rotatable bonds is 4. The second-order valence-corrected chi connectivity index (χ2v) is 8.66. The molecule has 0 radical (unpaired) electrons. The van der Waals surface area contributed by atoms with Crippen molar-refractivity contribution in [2.75, 3.05) is 19.7 Å².